The molecule has 1 heterocycles. The Morgan fingerprint density at radius 3 is 2.44 bits per heavy atom. The van der Waals surface area contributed by atoms with Gasteiger partial charge in [0.15, 0.2) is 0 Å². The van der Waals surface area contributed by atoms with Crippen molar-refractivity contribution in [3.63, 3.8) is 0 Å². The van der Waals surface area contributed by atoms with Crippen LogP contribution < -0.4 is 5.32 Å². The van der Waals surface area contributed by atoms with Gasteiger partial charge in [-0.2, -0.15) is 0 Å². The van der Waals surface area contributed by atoms with E-state index in [1.165, 1.54) is 38.9 Å². The van der Waals surface area contributed by atoms with Crippen LogP contribution in [0, 0.1) is 5.92 Å². The zero-order chi connectivity index (χ0) is 12.2. The van der Waals surface area contributed by atoms with Gasteiger partial charge in [0.2, 0.25) is 0 Å². The fraction of sp³-hybridized carbons (Fsp3) is 1.00. The van der Waals surface area contributed by atoms with E-state index in [9.17, 15) is 0 Å². The predicted molar refractivity (Wildman–Crippen MR) is 71.8 cm³/mol. The normalized spacial score (nSPS) is 27.0. The lowest BCUT2D eigenvalue weighted by atomic mass is 9.92. The van der Waals surface area contributed by atoms with Gasteiger partial charge in [0.05, 0.1) is 0 Å². The Morgan fingerprint density at radius 1 is 1.31 bits per heavy atom. The van der Waals surface area contributed by atoms with E-state index >= 15 is 0 Å². The molecule has 1 unspecified atom stereocenters. The third-order valence-electron chi connectivity index (χ3n) is 4.14. The second-order valence-corrected chi connectivity index (χ2v) is 5.88. The summed E-state index contributed by atoms with van der Waals surface area (Å²) in [5, 5.41) is 3.79. The summed E-state index contributed by atoms with van der Waals surface area (Å²) in [6, 6.07) is 0.731. The van der Waals surface area contributed by atoms with E-state index in [1.54, 1.807) is 0 Å². The summed E-state index contributed by atoms with van der Waals surface area (Å²) in [4.78, 5) is 2.69. The monoisotopic (exact) mass is 226 g/mol. The molecule has 1 aliphatic rings. The highest BCUT2D eigenvalue weighted by Crippen LogP contribution is 2.23. The highest BCUT2D eigenvalue weighted by Gasteiger charge is 2.32. The minimum atomic E-state index is 0.361. The van der Waals surface area contributed by atoms with Crippen molar-refractivity contribution in [2.45, 2.75) is 65.5 Å². The van der Waals surface area contributed by atoms with Crippen molar-refractivity contribution < 1.29 is 0 Å². The zero-order valence-corrected chi connectivity index (χ0v) is 11.8. The van der Waals surface area contributed by atoms with Gasteiger partial charge < -0.3 is 5.32 Å². The summed E-state index contributed by atoms with van der Waals surface area (Å²) < 4.78 is 0. The summed E-state index contributed by atoms with van der Waals surface area (Å²) in [7, 11) is 0. The number of hydrogen-bond donors (Lipinski definition) is 1. The maximum absolute atomic E-state index is 3.79. The van der Waals surface area contributed by atoms with Crippen LogP contribution in [0.1, 0.15) is 53.9 Å². The Morgan fingerprint density at radius 2 is 1.94 bits per heavy atom. The molecule has 16 heavy (non-hydrogen) atoms. The van der Waals surface area contributed by atoms with Crippen molar-refractivity contribution in [2.24, 2.45) is 5.92 Å². The van der Waals surface area contributed by atoms with Gasteiger partial charge in [0.25, 0.3) is 0 Å². The number of nitrogens with zero attached hydrogens (tertiary/aromatic N) is 1. The van der Waals surface area contributed by atoms with Crippen LogP contribution in [0.5, 0.6) is 0 Å². The van der Waals surface area contributed by atoms with E-state index in [0.29, 0.717) is 5.54 Å². The van der Waals surface area contributed by atoms with Crippen molar-refractivity contribution in [1.29, 1.82) is 0 Å². The van der Waals surface area contributed by atoms with Crippen LogP contribution in [0.15, 0.2) is 0 Å². The van der Waals surface area contributed by atoms with Crippen LogP contribution in [-0.2, 0) is 0 Å². The van der Waals surface area contributed by atoms with E-state index in [4.69, 9.17) is 0 Å². The first-order valence-corrected chi connectivity index (χ1v) is 7.02. The van der Waals surface area contributed by atoms with Gasteiger partial charge in [0, 0.05) is 24.7 Å². The molecule has 0 saturated carbocycles. The molecule has 1 atom stereocenters. The third kappa shape index (κ3) is 3.46. The van der Waals surface area contributed by atoms with Gasteiger partial charge in [-0.25, -0.2) is 0 Å². The van der Waals surface area contributed by atoms with Crippen LogP contribution in [0.4, 0.5) is 0 Å². The van der Waals surface area contributed by atoms with Gasteiger partial charge >= 0.3 is 0 Å². The first-order chi connectivity index (χ1) is 7.53. The highest BCUT2D eigenvalue weighted by molar-refractivity contribution is 4.93. The Labute approximate surface area is 102 Å². The van der Waals surface area contributed by atoms with Gasteiger partial charge in [-0.3, -0.25) is 4.90 Å². The maximum Gasteiger partial charge on any atom is 0.0303 e. The Bertz CT molecular complexity index is 197. The van der Waals surface area contributed by atoms with E-state index in [0.717, 1.165) is 12.0 Å². The van der Waals surface area contributed by atoms with Gasteiger partial charge in [-0.05, 0) is 38.6 Å². The van der Waals surface area contributed by atoms with E-state index in [-0.39, 0.29) is 0 Å². The van der Waals surface area contributed by atoms with Crippen molar-refractivity contribution in [3.8, 4) is 0 Å². The molecule has 0 aromatic heterocycles. The number of hydrogen-bond acceptors (Lipinski definition) is 2. The van der Waals surface area contributed by atoms with Crippen LogP contribution in [0.25, 0.3) is 0 Å². The molecule has 0 amide bonds. The van der Waals surface area contributed by atoms with E-state index < -0.39 is 0 Å². The quantitative estimate of drug-likeness (QED) is 0.793. The predicted octanol–water partition coefficient (Wildman–Crippen LogP) is 2.89. The van der Waals surface area contributed by atoms with Gasteiger partial charge in [0.1, 0.15) is 0 Å². The molecule has 0 aromatic rings. The second-order valence-electron chi connectivity index (χ2n) is 5.88. The van der Waals surface area contributed by atoms with E-state index in [2.05, 4.69) is 44.8 Å². The first-order valence-electron chi connectivity index (χ1n) is 7.02. The standard InChI is InChI=1S/C14H30N2/c1-6-14(7-2)11-16(10-12(3)4)13(5)8-9-15-14/h12-13,15H,6-11H2,1-5H3. The smallest absolute Gasteiger partial charge is 0.0303 e. The Balaban J connectivity index is 2.72. The van der Waals surface area contributed by atoms with Gasteiger partial charge in [-0.15, -0.1) is 0 Å². The minimum absolute atomic E-state index is 0.361. The summed E-state index contributed by atoms with van der Waals surface area (Å²) in [5.74, 6) is 0.770. The van der Waals surface area contributed by atoms with Crippen molar-refractivity contribution in [2.75, 3.05) is 19.6 Å². The largest absolute Gasteiger partial charge is 0.310 e. The molecule has 1 fully saturated rings. The molecule has 0 spiro atoms. The molecule has 96 valence electrons. The van der Waals surface area contributed by atoms with Crippen LogP contribution in [-0.4, -0.2) is 36.1 Å². The van der Waals surface area contributed by atoms with Crippen LogP contribution in [0.2, 0.25) is 0 Å². The van der Waals surface area contributed by atoms with Crippen LogP contribution in [0.3, 0.4) is 0 Å². The Kier molecular flexibility index (Phi) is 5.26. The molecule has 0 aliphatic carbocycles. The summed E-state index contributed by atoms with van der Waals surface area (Å²) in [6.45, 7) is 15.3. The molecule has 1 aliphatic heterocycles. The second kappa shape index (κ2) is 6.02. The topological polar surface area (TPSA) is 15.3 Å². The molecule has 1 saturated heterocycles. The fourth-order valence-corrected chi connectivity index (χ4v) is 2.77. The lowest BCUT2D eigenvalue weighted by Crippen LogP contribution is -2.52. The SMILES string of the molecule is CCC1(CC)CN(CC(C)C)C(C)CCN1. The molecule has 2 nitrogen and oxygen atoms in total. The molecule has 0 bridgehead atoms. The maximum atomic E-state index is 3.79. The first kappa shape index (κ1) is 14.0. The summed E-state index contributed by atoms with van der Waals surface area (Å²) >= 11 is 0. The van der Waals surface area contributed by atoms with Crippen LogP contribution >= 0.6 is 0 Å². The molecular formula is C14H30N2. The van der Waals surface area contributed by atoms with Crippen molar-refractivity contribution >= 4 is 0 Å². The number of rotatable bonds is 4. The van der Waals surface area contributed by atoms with E-state index in [1.807, 2.05) is 0 Å². The summed E-state index contributed by atoms with van der Waals surface area (Å²) in [6.07, 6.45) is 3.77. The fourth-order valence-electron chi connectivity index (χ4n) is 2.77. The van der Waals surface area contributed by atoms with Gasteiger partial charge in [-0.1, -0.05) is 27.7 Å². The number of nitrogens with one attached hydrogen (secondary N) is 1. The molecular weight excluding hydrogens is 196 g/mol. The average molecular weight is 226 g/mol. The average Bonchev–Trinajstić information content (AvgIpc) is 2.39. The van der Waals surface area contributed by atoms with Crippen molar-refractivity contribution in [3.05, 3.63) is 0 Å². The lowest BCUT2D eigenvalue weighted by molar-refractivity contribution is 0.144. The molecule has 1 N–H and O–H groups in total. The zero-order valence-electron chi connectivity index (χ0n) is 11.8. The summed E-state index contributed by atoms with van der Waals surface area (Å²) in [5.41, 5.74) is 0.361. The molecule has 0 radical (unpaired) electrons. The minimum Gasteiger partial charge on any atom is -0.310 e. The third-order valence-corrected chi connectivity index (χ3v) is 4.14. The Hall–Kier alpha value is -0.0800. The lowest BCUT2D eigenvalue weighted by Gasteiger charge is -2.37. The molecule has 1 rings (SSSR count). The molecule has 0 aromatic carbocycles. The van der Waals surface area contributed by atoms with Crippen molar-refractivity contribution in [1.82, 2.24) is 10.2 Å². The molecule has 2 heteroatoms. The highest BCUT2D eigenvalue weighted by atomic mass is 15.2.